The minimum absolute atomic E-state index is 0.184. The Hall–Kier alpha value is -1.61. The van der Waals surface area contributed by atoms with Crippen LogP contribution in [0.5, 0.6) is 0 Å². The predicted octanol–water partition coefficient (Wildman–Crippen LogP) is 2.63. The number of nitrogens with zero attached hydrogens (tertiary/aromatic N) is 1. The van der Waals surface area contributed by atoms with Gasteiger partial charge in [-0.25, -0.2) is 0 Å². The van der Waals surface area contributed by atoms with Gasteiger partial charge in [-0.1, -0.05) is 11.2 Å². The van der Waals surface area contributed by atoms with E-state index < -0.39 is 0 Å². The van der Waals surface area contributed by atoms with Crippen molar-refractivity contribution in [3.05, 3.63) is 50.2 Å². The maximum absolute atomic E-state index is 11.6. The van der Waals surface area contributed by atoms with Crippen molar-refractivity contribution in [2.75, 3.05) is 11.9 Å². The molecule has 1 aromatic carbocycles. The van der Waals surface area contributed by atoms with Gasteiger partial charge in [0.2, 0.25) is 0 Å². The molecule has 0 aliphatic heterocycles. The van der Waals surface area contributed by atoms with E-state index in [9.17, 15) is 4.79 Å². The first-order valence-electron chi connectivity index (χ1n) is 5.68. The molecule has 2 rings (SSSR count). The fourth-order valence-electron chi connectivity index (χ4n) is 1.39. The van der Waals surface area contributed by atoms with Crippen LogP contribution in [-0.2, 0) is 9.63 Å². The molecule has 0 saturated heterocycles. The van der Waals surface area contributed by atoms with Gasteiger partial charge < -0.3 is 15.9 Å². The Morgan fingerprint density at radius 3 is 3.00 bits per heavy atom. The highest BCUT2D eigenvalue weighted by atomic mass is 127. The van der Waals surface area contributed by atoms with Crippen LogP contribution in [0, 0.1) is 3.57 Å². The van der Waals surface area contributed by atoms with Crippen molar-refractivity contribution in [1.29, 1.82) is 0 Å². The van der Waals surface area contributed by atoms with Gasteiger partial charge in [-0.3, -0.25) is 4.79 Å². The molecule has 7 heteroatoms. The highest BCUT2D eigenvalue weighted by Crippen LogP contribution is 2.12. The third-order valence-corrected chi connectivity index (χ3v) is 3.64. The second-order valence-electron chi connectivity index (χ2n) is 3.82. The van der Waals surface area contributed by atoms with Crippen LogP contribution in [0.1, 0.15) is 5.56 Å². The number of halogens is 1. The summed E-state index contributed by atoms with van der Waals surface area (Å²) < 4.78 is 1.04. The Morgan fingerprint density at radius 1 is 1.45 bits per heavy atom. The molecule has 5 nitrogen and oxygen atoms in total. The molecule has 0 bridgehead atoms. The zero-order chi connectivity index (χ0) is 14.4. The van der Waals surface area contributed by atoms with Crippen LogP contribution in [0.3, 0.4) is 0 Å². The molecular formula is C13H12IN3O2S. The molecule has 0 unspecified atom stereocenters. The first-order chi connectivity index (χ1) is 9.65. The van der Waals surface area contributed by atoms with Gasteiger partial charge in [-0.15, -0.1) is 0 Å². The average molecular weight is 401 g/mol. The first-order valence-corrected chi connectivity index (χ1v) is 7.71. The van der Waals surface area contributed by atoms with Crippen molar-refractivity contribution in [1.82, 2.24) is 0 Å². The Kier molecular flexibility index (Phi) is 5.36. The van der Waals surface area contributed by atoms with Gasteiger partial charge in [0.25, 0.3) is 5.91 Å². The van der Waals surface area contributed by atoms with Gasteiger partial charge in [-0.05, 0) is 52.2 Å². The van der Waals surface area contributed by atoms with Crippen molar-refractivity contribution in [3.63, 3.8) is 0 Å². The van der Waals surface area contributed by atoms with Gasteiger partial charge in [0, 0.05) is 20.2 Å². The molecule has 0 aliphatic rings. The lowest BCUT2D eigenvalue weighted by Crippen LogP contribution is -2.19. The third kappa shape index (κ3) is 4.49. The van der Waals surface area contributed by atoms with Crippen molar-refractivity contribution in [3.8, 4) is 0 Å². The number of nitrogens with one attached hydrogen (secondary N) is 1. The van der Waals surface area contributed by atoms with Gasteiger partial charge in [-0.2, -0.15) is 11.3 Å². The lowest BCUT2D eigenvalue weighted by molar-refractivity contribution is -0.120. The Bertz CT molecular complexity index is 614. The molecule has 0 spiro atoms. The normalized spacial score (nSPS) is 11.2. The number of carbonyl (C=O) groups is 1. The van der Waals surface area contributed by atoms with Crippen molar-refractivity contribution in [2.45, 2.75) is 0 Å². The topological polar surface area (TPSA) is 76.7 Å². The quantitative estimate of drug-likeness (QED) is 0.350. The molecule has 104 valence electrons. The standard InChI is InChI=1S/C13H12IN3O2S/c14-10-2-1-3-11(6-10)16-12(18)7-19-17-13(15)9-4-5-20-8-9/h1-6,8H,7H2,(H2,15,17)(H,16,18). The van der Waals surface area contributed by atoms with Crippen LogP contribution < -0.4 is 11.1 Å². The SMILES string of the molecule is N/C(=N\OCC(=O)Nc1cccc(I)c1)c1ccsc1. The third-order valence-electron chi connectivity index (χ3n) is 2.28. The summed E-state index contributed by atoms with van der Waals surface area (Å²) in [4.78, 5) is 16.6. The van der Waals surface area contributed by atoms with E-state index in [0.29, 0.717) is 0 Å². The molecule has 0 atom stereocenters. The smallest absolute Gasteiger partial charge is 0.265 e. The molecule has 0 fully saturated rings. The molecule has 20 heavy (non-hydrogen) atoms. The fraction of sp³-hybridized carbons (Fsp3) is 0.0769. The maximum atomic E-state index is 11.6. The molecule has 1 heterocycles. The molecule has 3 N–H and O–H groups in total. The number of thiophene rings is 1. The molecule has 0 radical (unpaired) electrons. The first kappa shape index (κ1) is 14.8. The molecule has 0 aliphatic carbocycles. The van der Waals surface area contributed by atoms with Gasteiger partial charge >= 0.3 is 0 Å². The second kappa shape index (κ2) is 7.25. The highest BCUT2D eigenvalue weighted by molar-refractivity contribution is 14.1. The number of nitrogens with two attached hydrogens (primary N) is 1. The Balaban J connectivity index is 1.82. The number of hydrogen-bond acceptors (Lipinski definition) is 4. The molecule has 2 aromatic rings. The van der Waals surface area contributed by atoms with Crippen molar-refractivity contribution >= 4 is 51.4 Å². The lowest BCUT2D eigenvalue weighted by Gasteiger charge is -2.05. The lowest BCUT2D eigenvalue weighted by atomic mass is 10.3. The van der Waals surface area contributed by atoms with Gasteiger partial charge in [0.1, 0.15) is 0 Å². The monoisotopic (exact) mass is 401 g/mol. The summed E-state index contributed by atoms with van der Waals surface area (Å²) in [5, 5.41) is 10.2. The summed E-state index contributed by atoms with van der Waals surface area (Å²) in [5.41, 5.74) is 7.20. The van der Waals surface area contributed by atoms with E-state index in [1.54, 1.807) is 0 Å². The van der Waals surface area contributed by atoms with Crippen LogP contribution >= 0.6 is 33.9 Å². The summed E-state index contributed by atoms with van der Waals surface area (Å²) in [6.07, 6.45) is 0. The summed E-state index contributed by atoms with van der Waals surface area (Å²) in [7, 11) is 0. The van der Waals surface area contributed by atoms with Crippen molar-refractivity contribution in [2.24, 2.45) is 10.9 Å². The second-order valence-corrected chi connectivity index (χ2v) is 5.85. The minimum Gasteiger partial charge on any atom is -0.384 e. The van der Waals surface area contributed by atoms with Crippen molar-refractivity contribution < 1.29 is 9.63 Å². The zero-order valence-electron chi connectivity index (χ0n) is 10.4. The Labute approximate surface area is 133 Å². The molecule has 1 amide bonds. The van der Waals surface area contributed by atoms with Crippen LogP contribution in [0.4, 0.5) is 5.69 Å². The average Bonchev–Trinajstić information content (AvgIpc) is 2.92. The fourth-order valence-corrected chi connectivity index (χ4v) is 2.58. The van der Waals surface area contributed by atoms with E-state index in [1.165, 1.54) is 11.3 Å². The number of amides is 1. The summed E-state index contributed by atoms with van der Waals surface area (Å²) in [6, 6.07) is 9.31. The summed E-state index contributed by atoms with van der Waals surface area (Å²) in [6.45, 7) is -0.184. The number of oxime groups is 1. The van der Waals surface area contributed by atoms with Gasteiger partial charge in [0.15, 0.2) is 12.4 Å². The van der Waals surface area contributed by atoms with Crippen LogP contribution in [0.2, 0.25) is 0 Å². The van der Waals surface area contributed by atoms with Gasteiger partial charge in [0.05, 0.1) is 0 Å². The predicted molar refractivity (Wildman–Crippen MR) is 88.8 cm³/mol. The maximum Gasteiger partial charge on any atom is 0.265 e. The minimum atomic E-state index is -0.283. The zero-order valence-corrected chi connectivity index (χ0v) is 13.3. The van der Waals surface area contributed by atoms with E-state index >= 15 is 0 Å². The number of amidine groups is 1. The summed E-state index contributed by atoms with van der Waals surface area (Å²) in [5.74, 6) is -0.0258. The number of benzene rings is 1. The molecule has 0 saturated carbocycles. The molecule has 1 aromatic heterocycles. The number of hydrogen-bond donors (Lipinski definition) is 2. The number of anilines is 1. The van der Waals surface area contributed by atoms with E-state index in [2.05, 4.69) is 33.1 Å². The van der Waals surface area contributed by atoms with E-state index in [-0.39, 0.29) is 18.3 Å². The summed E-state index contributed by atoms with van der Waals surface area (Å²) >= 11 is 3.69. The number of carbonyl (C=O) groups excluding carboxylic acids is 1. The van der Waals surface area contributed by atoms with Crippen LogP contribution in [0.25, 0.3) is 0 Å². The highest BCUT2D eigenvalue weighted by Gasteiger charge is 2.04. The Morgan fingerprint density at radius 2 is 2.30 bits per heavy atom. The number of rotatable bonds is 5. The largest absolute Gasteiger partial charge is 0.384 e. The van der Waals surface area contributed by atoms with E-state index in [1.807, 2.05) is 41.1 Å². The van der Waals surface area contributed by atoms with Crippen LogP contribution in [0.15, 0.2) is 46.2 Å². The molecular weight excluding hydrogens is 389 g/mol. The van der Waals surface area contributed by atoms with E-state index in [4.69, 9.17) is 10.6 Å². The van der Waals surface area contributed by atoms with Crippen LogP contribution in [-0.4, -0.2) is 18.3 Å². The van der Waals surface area contributed by atoms with E-state index in [0.717, 1.165) is 14.8 Å².